The van der Waals surface area contributed by atoms with Gasteiger partial charge in [0.15, 0.2) is 6.61 Å². The molecule has 0 saturated heterocycles. The number of aromatic nitrogens is 1. The molecule has 3 aromatic rings. The summed E-state index contributed by atoms with van der Waals surface area (Å²) in [5, 5.41) is 2.83. The van der Waals surface area contributed by atoms with Crippen LogP contribution in [0.1, 0.15) is 50.5 Å². The summed E-state index contributed by atoms with van der Waals surface area (Å²) in [6.07, 6.45) is 1.86. The van der Waals surface area contributed by atoms with Gasteiger partial charge in [0.2, 0.25) is 11.7 Å². The average molecular weight is 431 g/mol. The number of carbonyl (C=O) groups is 3. The number of anilines is 1. The predicted molar refractivity (Wildman–Crippen MR) is 122 cm³/mol. The zero-order chi connectivity index (χ0) is 22.7. The molecule has 1 aromatic heterocycles. The van der Waals surface area contributed by atoms with Gasteiger partial charge in [-0.25, -0.2) is 4.79 Å². The molecule has 0 aliphatic heterocycles. The molecule has 0 radical (unpaired) electrons. The molecule has 1 saturated carbocycles. The van der Waals surface area contributed by atoms with Gasteiger partial charge in [-0.15, -0.1) is 0 Å². The quantitative estimate of drug-likeness (QED) is 0.420. The number of benzene rings is 2. The van der Waals surface area contributed by atoms with E-state index in [4.69, 9.17) is 4.74 Å². The van der Waals surface area contributed by atoms with Crippen molar-refractivity contribution in [1.82, 2.24) is 4.57 Å². The maximum atomic E-state index is 12.7. The van der Waals surface area contributed by atoms with Gasteiger partial charge in [-0.05, 0) is 62.6 Å². The minimum Gasteiger partial charge on any atom is -0.454 e. The van der Waals surface area contributed by atoms with E-state index in [0.717, 1.165) is 29.8 Å². The molecule has 1 fully saturated rings. The summed E-state index contributed by atoms with van der Waals surface area (Å²) in [6.45, 7) is 4.21. The summed E-state index contributed by atoms with van der Waals surface area (Å²) < 4.78 is 7.33. The van der Waals surface area contributed by atoms with Crippen LogP contribution in [-0.2, 0) is 16.1 Å². The number of ketones is 1. The minimum atomic E-state index is -0.573. The third kappa shape index (κ3) is 4.97. The fourth-order valence-corrected chi connectivity index (χ4v) is 3.66. The standard InChI is InChI=1S/C26H26N2O4/c1-17-14-23(18(2)28(17)15-19-6-4-3-5-7-19)24(29)16-32-26(31)21-10-12-22(13-11-21)27-25(30)20-8-9-20/h3-7,10-14,20H,8-9,15-16H2,1-2H3,(H,27,30). The SMILES string of the molecule is Cc1cc(C(=O)COC(=O)c2ccc(NC(=O)C3CC3)cc2)c(C)n1Cc1ccccc1. The number of rotatable bonds is 8. The Labute approximate surface area is 187 Å². The van der Waals surface area contributed by atoms with Crippen LogP contribution in [0, 0.1) is 19.8 Å². The third-order valence-corrected chi connectivity index (χ3v) is 5.73. The van der Waals surface area contributed by atoms with Gasteiger partial charge >= 0.3 is 5.97 Å². The Morgan fingerprint density at radius 2 is 1.69 bits per heavy atom. The number of esters is 1. The van der Waals surface area contributed by atoms with E-state index < -0.39 is 5.97 Å². The van der Waals surface area contributed by atoms with Gasteiger partial charge in [0.25, 0.3) is 0 Å². The first kappa shape index (κ1) is 21.6. The molecule has 1 heterocycles. The third-order valence-electron chi connectivity index (χ3n) is 5.73. The zero-order valence-electron chi connectivity index (χ0n) is 18.3. The van der Waals surface area contributed by atoms with Crippen molar-refractivity contribution in [3.8, 4) is 0 Å². The molecule has 164 valence electrons. The van der Waals surface area contributed by atoms with Crippen LogP contribution in [0.5, 0.6) is 0 Å². The molecule has 1 N–H and O–H groups in total. The Bertz CT molecular complexity index is 1140. The number of amides is 1. The lowest BCUT2D eigenvalue weighted by molar-refractivity contribution is -0.117. The second kappa shape index (κ2) is 9.22. The van der Waals surface area contributed by atoms with E-state index >= 15 is 0 Å². The van der Waals surface area contributed by atoms with Gasteiger partial charge in [-0.2, -0.15) is 0 Å². The predicted octanol–water partition coefficient (Wildman–Crippen LogP) is 4.54. The van der Waals surface area contributed by atoms with Crippen molar-refractivity contribution in [3.05, 3.63) is 88.7 Å². The van der Waals surface area contributed by atoms with Crippen molar-refractivity contribution >= 4 is 23.3 Å². The van der Waals surface area contributed by atoms with Gasteiger partial charge < -0.3 is 14.6 Å². The molecule has 0 spiro atoms. The maximum Gasteiger partial charge on any atom is 0.338 e. The van der Waals surface area contributed by atoms with E-state index in [1.807, 2.05) is 50.2 Å². The highest BCUT2D eigenvalue weighted by Crippen LogP contribution is 2.30. The van der Waals surface area contributed by atoms with Crippen LogP contribution in [-0.4, -0.2) is 28.8 Å². The summed E-state index contributed by atoms with van der Waals surface area (Å²) in [6, 6.07) is 18.4. The molecule has 1 aliphatic rings. The van der Waals surface area contributed by atoms with Crippen molar-refractivity contribution in [2.45, 2.75) is 33.2 Å². The first-order valence-electron chi connectivity index (χ1n) is 10.7. The number of nitrogens with one attached hydrogen (secondary N) is 1. The van der Waals surface area contributed by atoms with Crippen LogP contribution in [0.15, 0.2) is 60.7 Å². The number of hydrogen-bond acceptors (Lipinski definition) is 4. The van der Waals surface area contributed by atoms with Gasteiger partial charge in [-0.1, -0.05) is 30.3 Å². The largest absolute Gasteiger partial charge is 0.454 e. The van der Waals surface area contributed by atoms with Gasteiger partial charge in [0, 0.05) is 35.1 Å². The van der Waals surface area contributed by atoms with E-state index in [2.05, 4.69) is 9.88 Å². The summed E-state index contributed by atoms with van der Waals surface area (Å²) in [4.78, 5) is 36.9. The second-order valence-electron chi connectivity index (χ2n) is 8.20. The number of nitrogens with zero attached hydrogens (tertiary/aromatic N) is 1. The van der Waals surface area contributed by atoms with E-state index in [0.29, 0.717) is 23.4 Å². The lowest BCUT2D eigenvalue weighted by atomic mass is 10.1. The Morgan fingerprint density at radius 3 is 2.34 bits per heavy atom. The molecule has 1 amide bonds. The van der Waals surface area contributed by atoms with Gasteiger partial charge in [-0.3, -0.25) is 9.59 Å². The molecule has 1 aliphatic carbocycles. The Kier molecular flexibility index (Phi) is 6.21. The molecule has 2 aromatic carbocycles. The summed E-state index contributed by atoms with van der Waals surface area (Å²) in [7, 11) is 0. The first-order chi connectivity index (χ1) is 15.4. The highest BCUT2D eigenvalue weighted by molar-refractivity contribution is 6.00. The van der Waals surface area contributed by atoms with Gasteiger partial charge in [0.05, 0.1) is 5.56 Å². The molecule has 6 nitrogen and oxygen atoms in total. The van der Waals surface area contributed by atoms with E-state index in [1.54, 1.807) is 24.3 Å². The molecule has 0 atom stereocenters. The van der Waals surface area contributed by atoms with Crippen molar-refractivity contribution in [2.24, 2.45) is 5.92 Å². The highest BCUT2D eigenvalue weighted by atomic mass is 16.5. The van der Waals surface area contributed by atoms with Crippen LogP contribution in [0.3, 0.4) is 0 Å². The smallest absolute Gasteiger partial charge is 0.338 e. The number of hydrogen-bond donors (Lipinski definition) is 1. The van der Waals surface area contributed by atoms with Crippen LogP contribution in [0.4, 0.5) is 5.69 Å². The minimum absolute atomic E-state index is 0.00999. The van der Waals surface area contributed by atoms with Crippen LogP contribution < -0.4 is 5.32 Å². The van der Waals surface area contributed by atoms with Crippen LogP contribution in [0.25, 0.3) is 0 Å². The highest BCUT2D eigenvalue weighted by Gasteiger charge is 2.29. The second-order valence-corrected chi connectivity index (χ2v) is 8.20. The summed E-state index contributed by atoms with van der Waals surface area (Å²) in [5.74, 6) is -0.688. The van der Waals surface area contributed by atoms with E-state index in [9.17, 15) is 14.4 Å². The first-order valence-corrected chi connectivity index (χ1v) is 10.7. The molecule has 4 rings (SSSR count). The van der Waals surface area contributed by atoms with Crippen LogP contribution in [0.2, 0.25) is 0 Å². The lowest BCUT2D eigenvalue weighted by Gasteiger charge is -2.10. The van der Waals surface area contributed by atoms with Crippen molar-refractivity contribution in [1.29, 1.82) is 0 Å². The number of aryl methyl sites for hydroxylation is 1. The molecular weight excluding hydrogens is 404 g/mol. The van der Waals surface area contributed by atoms with Crippen molar-refractivity contribution in [3.63, 3.8) is 0 Å². The van der Waals surface area contributed by atoms with Crippen LogP contribution >= 0.6 is 0 Å². The summed E-state index contributed by atoms with van der Waals surface area (Å²) in [5.41, 5.74) is 4.51. The van der Waals surface area contributed by atoms with Gasteiger partial charge in [0.1, 0.15) is 0 Å². The molecule has 32 heavy (non-hydrogen) atoms. The van der Waals surface area contributed by atoms with E-state index in [-0.39, 0.29) is 24.2 Å². The van der Waals surface area contributed by atoms with Crippen molar-refractivity contribution < 1.29 is 19.1 Å². The molecular formula is C26H26N2O4. The molecule has 6 heteroatoms. The normalized spacial score (nSPS) is 12.9. The Morgan fingerprint density at radius 1 is 1.00 bits per heavy atom. The average Bonchev–Trinajstić information content (AvgIpc) is 3.61. The Hall–Kier alpha value is -3.67. The van der Waals surface area contributed by atoms with Crippen molar-refractivity contribution in [2.75, 3.05) is 11.9 Å². The fraction of sp³-hybridized carbons (Fsp3) is 0.269. The number of ether oxygens (including phenoxy) is 1. The number of carbonyl (C=O) groups excluding carboxylic acids is 3. The number of Topliss-reactive ketones (excluding diaryl/α,β-unsaturated/α-hetero) is 1. The maximum absolute atomic E-state index is 12.7. The summed E-state index contributed by atoms with van der Waals surface area (Å²) >= 11 is 0. The topological polar surface area (TPSA) is 77.4 Å². The Balaban J connectivity index is 1.35. The monoisotopic (exact) mass is 430 g/mol. The lowest BCUT2D eigenvalue weighted by Crippen LogP contribution is -2.16. The molecule has 0 bridgehead atoms. The molecule has 0 unspecified atom stereocenters. The zero-order valence-corrected chi connectivity index (χ0v) is 18.3. The fourth-order valence-electron chi connectivity index (χ4n) is 3.66. The van der Waals surface area contributed by atoms with E-state index in [1.165, 1.54) is 0 Å².